The highest BCUT2D eigenvalue weighted by Crippen LogP contribution is 2.53. The second-order valence-electron chi connectivity index (χ2n) is 5.67. The minimum absolute atomic E-state index is 0.0353. The number of carbonyl (C=O) groups is 2. The van der Waals surface area contributed by atoms with Gasteiger partial charge in [0.15, 0.2) is 5.41 Å². The second kappa shape index (κ2) is 4.88. The van der Waals surface area contributed by atoms with E-state index in [1.165, 1.54) is 0 Å². The summed E-state index contributed by atoms with van der Waals surface area (Å²) in [6.07, 6.45) is 4.61. The van der Waals surface area contributed by atoms with Crippen molar-refractivity contribution in [3.05, 3.63) is 11.6 Å². The molecule has 4 atom stereocenters. The lowest BCUT2D eigenvalue weighted by molar-refractivity contribution is -0.167. The molecule has 0 aromatic heterocycles. The van der Waals surface area contributed by atoms with Crippen LogP contribution in [0.4, 0.5) is 0 Å². The Balaban J connectivity index is 2.06. The zero-order chi connectivity index (χ0) is 14.3. The van der Waals surface area contributed by atoms with Crippen LogP contribution in [-0.2, 0) is 23.8 Å². The van der Waals surface area contributed by atoms with Crippen LogP contribution in [0.15, 0.2) is 11.6 Å². The number of esters is 2. The van der Waals surface area contributed by atoms with E-state index >= 15 is 0 Å². The molecule has 20 heavy (non-hydrogen) atoms. The molecular weight excluding hydrogens is 260 g/mol. The van der Waals surface area contributed by atoms with Crippen LogP contribution in [0.3, 0.4) is 0 Å². The smallest absolute Gasteiger partial charge is 0.328 e. The van der Waals surface area contributed by atoms with Crippen LogP contribution in [0.2, 0.25) is 0 Å². The van der Waals surface area contributed by atoms with E-state index in [0.717, 1.165) is 18.4 Å². The van der Waals surface area contributed by atoms with Crippen molar-refractivity contribution in [1.82, 2.24) is 0 Å². The highest BCUT2D eigenvalue weighted by molar-refractivity contribution is 6.06. The fraction of sp³-hybridized carbons (Fsp3) is 0.733. The van der Waals surface area contributed by atoms with Crippen molar-refractivity contribution < 1.29 is 23.8 Å². The molecule has 0 radical (unpaired) electrons. The molecule has 2 fully saturated rings. The van der Waals surface area contributed by atoms with Crippen molar-refractivity contribution in [2.45, 2.75) is 44.8 Å². The SMILES string of the molecule is CCOC(=O)[C@@]12CC[C@H](OC)[C@H]3CCC=C1[C@@H]3OC2=O. The molecule has 0 aromatic rings. The van der Waals surface area contributed by atoms with Gasteiger partial charge in [-0.2, -0.15) is 0 Å². The van der Waals surface area contributed by atoms with Crippen molar-refractivity contribution >= 4 is 11.9 Å². The standard InChI is InChI=1S/C15H20O5/c1-3-19-13(16)15-8-7-11(18-2)9-5-4-6-10(15)12(9)20-14(15)17/h6,9,11-12H,3-5,7-8H2,1-2H3/t9-,11+,12-,15-/m1/s1. The molecule has 5 heteroatoms. The topological polar surface area (TPSA) is 61.8 Å². The van der Waals surface area contributed by atoms with Crippen molar-refractivity contribution in [2.75, 3.05) is 13.7 Å². The van der Waals surface area contributed by atoms with Gasteiger partial charge in [0.2, 0.25) is 0 Å². The van der Waals surface area contributed by atoms with Crippen LogP contribution in [0.5, 0.6) is 0 Å². The molecule has 0 amide bonds. The lowest BCUT2D eigenvalue weighted by Crippen LogP contribution is -2.39. The van der Waals surface area contributed by atoms with Gasteiger partial charge in [-0.25, -0.2) is 0 Å². The monoisotopic (exact) mass is 280 g/mol. The van der Waals surface area contributed by atoms with E-state index in [9.17, 15) is 9.59 Å². The lowest BCUT2D eigenvalue weighted by Gasteiger charge is -2.31. The number of methoxy groups -OCH3 is 1. The molecule has 1 saturated carbocycles. The molecule has 2 aliphatic carbocycles. The fourth-order valence-electron chi connectivity index (χ4n) is 3.88. The Labute approximate surface area is 118 Å². The van der Waals surface area contributed by atoms with Crippen LogP contribution in [0, 0.1) is 11.3 Å². The zero-order valence-corrected chi connectivity index (χ0v) is 11.9. The first-order chi connectivity index (χ1) is 9.65. The van der Waals surface area contributed by atoms with E-state index in [0.29, 0.717) is 12.8 Å². The number of allylic oxidation sites excluding steroid dienone is 1. The van der Waals surface area contributed by atoms with E-state index in [4.69, 9.17) is 14.2 Å². The summed E-state index contributed by atoms with van der Waals surface area (Å²) < 4.78 is 16.3. The summed E-state index contributed by atoms with van der Waals surface area (Å²) in [6, 6.07) is 0. The third kappa shape index (κ3) is 1.65. The maximum absolute atomic E-state index is 12.4. The first kappa shape index (κ1) is 13.6. The van der Waals surface area contributed by atoms with Crippen molar-refractivity contribution in [1.29, 1.82) is 0 Å². The zero-order valence-electron chi connectivity index (χ0n) is 11.9. The maximum Gasteiger partial charge on any atom is 0.328 e. The molecule has 1 saturated heterocycles. The molecule has 1 aliphatic heterocycles. The van der Waals surface area contributed by atoms with E-state index in [2.05, 4.69) is 0 Å². The molecule has 4 bridgehead atoms. The van der Waals surface area contributed by atoms with E-state index < -0.39 is 17.4 Å². The van der Waals surface area contributed by atoms with Crippen LogP contribution < -0.4 is 0 Å². The van der Waals surface area contributed by atoms with Gasteiger partial charge in [-0.3, -0.25) is 9.59 Å². The summed E-state index contributed by atoms with van der Waals surface area (Å²) in [5, 5.41) is 0. The first-order valence-corrected chi connectivity index (χ1v) is 7.26. The quantitative estimate of drug-likeness (QED) is 0.446. The number of carbonyl (C=O) groups excluding carboxylic acids is 2. The van der Waals surface area contributed by atoms with Crippen molar-refractivity contribution in [3.63, 3.8) is 0 Å². The fourth-order valence-corrected chi connectivity index (χ4v) is 3.88. The predicted octanol–water partition coefficient (Wildman–Crippen LogP) is 1.61. The van der Waals surface area contributed by atoms with Gasteiger partial charge in [0.05, 0.1) is 12.7 Å². The molecule has 0 N–H and O–H groups in total. The van der Waals surface area contributed by atoms with Gasteiger partial charge in [-0.1, -0.05) is 6.08 Å². The Bertz CT molecular complexity index is 469. The molecular formula is C15H20O5. The van der Waals surface area contributed by atoms with Crippen molar-refractivity contribution in [3.8, 4) is 0 Å². The Kier molecular flexibility index (Phi) is 3.32. The molecule has 3 aliphatic rings. The van der Waals surface area contributed by atoms with Gasteiger partial charge in [-0.05, 0) is 38.2 Å². The lowest BCUT2D eigenvalue weighted by atomic mass is 9.74. The van der Waals surface area contributed by atoms with Crippen LogP contribution in [-0.4, -0.2) is 37.9 Å². The molecule has 110 valence electrons. The Morgan fingerprint density at radius 2 is 2.30 bits per heavy atom. The molecule has 0 spiro atoms. The largest absolute Gasteiger partial charge is 0.465 e. The highest BCUT2D eigenvalue weighted by Gasteiger charge is 2.64. The first-order valence-electron chi connectivity index (χ1n) is 7.26. The minimum atomic E-state index is -1.22. The van der Waals surface area contributed by atoms with Gasteiger partial charge in [-0.15, -0.1) is 0 Å². The summed E-state index contributed by atoms with van der Waals surface area (Å²) in [4.78, 5) is 24.8. The number of rotatable bonds is 3. The van der Waals surface area contributed by atoms with E-state index in [1.54, 1.807) is 14.0 Å². The Morgan fingerprint density at radius 3 is 3.00 bits per heavy atom. The van der Waals surface area contributed by atoms with E-state index in [1.807, 2.05) is 6.08 Å². The molecule has 5 nitrogen and oxygen atoms in total. The Morgan fingerprint density at radius 1 is 1.50 bits per heavy atom. The van der Waals surface area contributed by atoms with E-state index in [-0.39, 0.29) is 24.7 Å². The molecule has 1 heterocycles. The normalized spacial score (nSPS) is 38.8. The van der Waals surface area contributed by atoms with Gasteiger partial charge < -0.3 is 14.2 Å². The van der Waals surface area contributed by atoms with Gasteiger partial charge in [0.25, 0.3) is 0 Å². The molecule has 0 aromatic carbocycles. The molecule has 3 rings (SSSR count). The second-order valence-corrected chi connectivity index (χ2v) is 5.67. The van der Waals surface area contributed by atoms with Crippen molar-refractivity contribution in [2.24, 2.45) is 11.3 Å². The Hall–Kier alpha value is -1.36. The minimum Gasteiger partial charge on any atom is -0.465 e. The summed E-state index contributed by atoms with van der Waals surface area (Å²) in [7, 11) is 1.68. The average molecular weight is 280 g/mol. The average Bonchev–Trinajstić information content (AvgIpc) is 2.70. The van der Waals surface area contributed by atoms with Crippen LogP contribution in [0.25, 0.3) is 0 Å². The number of ether oxygens (including phenoxy) is 3. The third-order valence-electron chi connectivity index (χ3n) is 4.84. The van der Waals surface area contributed by atoms with Crippen LogP contribution >= 0.6 is 0 Å². The number of hydrogen-bond donors (Lipinski definition) is 0. The van der Waals surface area contributed by atoms with Gasteiger partial charge >= 0.3 is 11.9 Å². The highest BCUT2D eigenvalue weighted by atomic mass is 16.6. The van der Waals surface area contributed by atoms with Gasteiger partial charge in [0, 0.05) is 13.0 Å². The number of hydrogen-bond acceptors (Lipinski definition) is 5. The third-order valence-corrected chi connectivity index (χ3v) is 4.84. The summed E-state index contributed by atoms with van der Waals surface area (Å²) >= 11 is 0. The van der Waals surface area contributed by atoms with Crippen LogP contribution in [0.1, 0.15) is 32.6 Å². The van der Waals surface area contributed by atoms with Gasteiger partial charge in [0.1, 0.15) is 6.10 Å². The predicted molar refractivity (Wildman–Crippen MR) is 69.8 cm³/mol. The summed E-state index contributed by atoms with van der Waals surface area (Å²) in [6.45, 7) is 2.02. The summed E-state index contributed by atoms with van der Waals surface area (Å²) in [5.74, 6) is -0.743. The summed E-state index contributed by atoms with van der Waals surface area (Å²) in [5.41, 5.74) is -0.399. The maximum atomic E-state index is 12.4. The molecule has 0 unspecified atom stereocenters.